The minimum absolute atomic E-state index is 0.0250. The second kappa shape index (κ2) is 3.62. The molecule has 1 rings (SSSR count). The smallest absolute Gasteiger partial charge is 0.140 e. The predicted molar refractivity (Wildman–Crippen MR) is 44.5 cm³/mol. The van der Waals surface area contributed by atoms with Crippen LogP contribution >= 0.6 is 11.8 Å². The fraction of sp³-hybridized carbons (Fsp3) is 0.250. The van der Waals surface area contributed by atoms with Crippen molar-refractivity contribution >= 4 is 11.8 Å². The van der Waals surface area contributed by atoms with Gasteiger partial charge < -0.3 is 5.11 Å². The summed E-state index contributed by atoms with van der Waals surface area (Å²) in [6.45, 7) is 1.96. The molecule has 1 N–H and O–H groups in total. The zero-order valence-corrected chi connectivity index (χ0v) is 6.99. The lowest BCUT2D eigenvalue weighted by Gasteiger charge is -1.99. The number of hydrogen-bond acceptors (Lipinski definition) is 2. The summed E-state index contributed by atoms with van der Waals surface area (Å²) in [6.07, 6.45) is 0. The van der Waals surface area contributed by atoms with E-state index in [-0.39, 0.29) is 11.6 Å². The van der Waals surface area contributed by atoms with E-state index in [1.807, 2.05) is 6.92 Å². The maximum Gasteiger partial charge on any atom is 0.140 e. The molecule has 0 bridgehead atoms. The number of thioether (sulfide) groups is 1. The third-order valence-electron chi connectivity index (χ3n) is 1.22. The van der Waals surface area contributed by atoms with Crippen molar-refractivity contribution in [2.45, 2.75) is 11.8 Å². The van der Waals surface area contributed by atoms with Gasteiger partial charge in [-0.1, -0.05) is 6.92 Å². The zero-order valence-electron chi connectivity index (χ0n) is 6.17. The van der Waals surface area contributed by atoms with Gasteiger partial charge in [-0.3, -0.25) is 0 Å². The fourth-order valence-corrected chi connectivity index (χ4v) is 1.43. The highest BCUT2D eigenvalue weighted by molar-refractivity contribution is 7.99. The average molecular weight is 172 g/mol. The zero-order chi connectivity index (χ0) is 8.27. The van der Waals surface area contributed by atoms with Gasteiger partial charge in [0.1, 0.15) is 11.6 Å². The van der Waals surface area contributed by atoms with Gasteiger partial charge in [-0.05, 0) is 17.9 Å². The maximum absolute atomic E-state index is 12.9. The third kappa shape index (κ3) is 2.12. The van der Waals surface area contributed by atoms with Crippen molar-refractivity contribution in [1.82, 2.24) is 0 Å². The molecule has 11 heavy (non-hydrogen) atoms. The van der Waals surface area contributed by atoms with E-state index in [2.05, 4.69) is 0 Å². The summed E-state index contributed by atoms with van der Waals surface area (Å²) >= 11 is 1.42. The van der Waals surface area contributed by atoms with Crippen molar-refractivity contribution in [1.29, 1.82) is 0 Å². The summed E-state index contributed by atoms with van der Waals surface area (Å²) in [5.41, 5.74) is 0. The van der Waals surface area contributed by atoms with E-state index in [9.17, 15) is 4.39 Å². The van der Waals surface area contributed by atoms with Crippen molar-refractivity contribution < 1.29 is 9.50 Å². The minimum Gasteiger partial charge on any atom is -0.508 e. The van der Waals surface area contributed by atoms with Gasteiger partial charge in [0.2, 0.25) is 0 Å². The van der Waals surface area contributed by atoms with Crippen LogP contribution < -0.4 is 0 Å². The van der Waals surface area contributed by atoms with Crippen LogP contribution in [-0.4, -0.2) is 10.9 Å². The molecule has 60 valence electrons. The van der Waals surface area contributed by atoms with E-state index in [1.54, 1.807) is 6.07 Å². The lowest BCUT2D eigenvalue weighted by atomic mass is 10.3. The molecule has 1 nitrogen and oxygen atoms in total. The number of phenolic OH excluding ortho intramolecular Hbond substituents is 1. The van der Waals surface area contributed by atoms with Crippen molar-refractivity contribution in [2.75, 3.05) is 5.75 Å². The van der Waals surface area contributed by atoms with Gasteiger partial charge in [-0.2, -0.15) is 0 Å². The SMILES string of the molecule is CCSc1ccc(O)cc1F. The Morgan fingerprint density at radius 1 is 1.55 bits per heavy atom. The Balaban J connectivity index is 2.90. The van der Waals surface area contributed by atoms with Crippen LogP contribution in [0.1, 0.15) is 6.92 Å². The predicted octanol–water partition coefficient (Wildman–Crippen LogP) is 2.64. The molecule has 0 aliphatic heterocycles. The monoisotopic (exact) mass is 172 g/mol. The highest BCUT2D eigenvalue weighted by atomic mass is 32.2. The van der Waals surface area contributed by atoms with Crippen LogP contribution in [-0.2, 0) is 0 Å². The molecule has 0 atom stereocenters. The van der Waals surface area contributed by atoms with Crippen molar-refractivity contribution in [3.63, 3.8) is 0 Å². The van der Waals surface area contributed by atoms with Crippen LogP contribution in [0.3, 0.4) is 0 Å². The van der Waals surface area contributed by atoms with Gasteiger partial charge in [-0.15, -0.1) is 11.8 Å². The molecular weight excluding hydrogens is 163 g/mol. The topological polar surface area (TPSA) is 20.2 Å². The van der Waals surface area contributed by atoms with Gasteiger partial charge >= 0.3 is 0 Å². The number of benzene rings is 1. The van der Waals surface area contributed by atoms with E-state index >= 15 is 0 Å². The molecule has 0 fully saturated rings. The van der Waals surface area contributed by atoms with Crippen LogP contribution in [0.15, 0.2) is 23.1 Å². The summed E-state index contributed by atoms with van der Waals surface area (Å²) in [7, 11) is 0. The Kier molecular flexibility index (Phi) is 2.76. The van der Waals surface area contributed by atoms with E-state index < -0.39 is 0 Å². The average Bonchev–Trinajstić information content (AvgIpc) is 1.95. The number of phenols is 1. The molecule has 0 aromatic heterocycles. The first-order valence-electron chi connectivity index (χ1n) is 3.35. The lowest BCUT2D eigenvalue weighted by molar-refractivity contribution is 0.466. The Hall–Kier alpha value is -0.700. The van der Waals surface area contributed by atoms with E-state index in [0.717, 1.165) is 11.8 Å². The molecule has 0 radical (unpaired) electrons. The summed E-state index contributed by atoms with van der Waals surface area (Å²) in [6, 6.07) is 4.19. The Labute approximate surface area is 69.2 Å². The summed E-state index contributed by atoms with van der Waals surface area (Å²) in [5.74, 6) is 0.460. The molecule has 0 amide bonds. The second-order valence-corrected chi connectivity index (χ2v) is 3.35. The number of rotatable bonds is 2. The largest absolute Gasteiger partial charge is 0.508 e. The quantitative estimate of drug-likeness (QED) is 0.692. The first kappa shape index (κ1) is 8.40. The molecule has 0 heterocycles. The van der Waals surface area contributed by atoms with Crippen molar-refractivity contribution in [2.24, 2.45) is 0 Å². The van der Waals surface area contributed by atoms with Crippen LogP contribution in [0.4, 0.5) is 4.39 Å². The Morgan fingerprint density at radius 2 is 2.27 bits per heavy atom. The van der Waals surface area contributed by atoms with Crippen LogP contribution in [0.5, 0.6) is 5.75 Å². The van der Waals surface area contributed by atoms with Crippen LogP contribution in [0.2, 0.25) is 0 Å². The highest BCUT2D eigenvalue weighted by Crippen LogP contribution is 2.24. The minimum atomic E-state index is -0.350. The maximum atomic E-state index is 12.9. The number of halogens is 1. The van der Waals surface area contributed by atoms with E-state index in [1.165, 1.54) is 17.8 Å². The third-order valence-corrected chi connectivity index (χ3v) is 2.15. The summed E-state index contributed by atoms with van der Waals surface area (Å²) < 4.78 is 12.9. The van der Waals surface area contributed by atoms with Gasteiger partial charge in [-0.25, -0.2) is 4.39 Å². The first-order valence-corrected chi connectivity index (χ1v) is 4.34. The molecule has 0 saturated carbocycles. The molecule has 0 aliphatic rings. The second-order valence-electron chi connectivity index (χ2n) is 2.05. The molecular formula is C8H9FOS. The first-order chi connectivity index (χ1) is 5.24. The van der Waals surface area contributed by atoms with Gasteiger partial charge in [0.15, 0.2) is 0 Å². The standard InChI is InChI=1S/C8H9FOS/c1-2-11-8-4-3-6(10)5-7(8)9/h3-5,10H,2H2,1H3. The van der Waals surface area contributed by atoms with E-state index in [0.29, 0.717) is 4.90 Å². The normalized spacial score (nSPS) is 10.0. The van der Waals surface area contributed by atoms with E-state index in [4.69, 9.17) is 5.11 Å². The van der Waals surface area contributed by atoms with Gasteiger partial charge in [0.25, 0.3) is 0 Å². The molecule has 3 heteroatoms. The number of hydrogen-bond donors (Lipinski definition) is 1. The molecule has 1 aromatic rings. The van der Waals surface area contributed by atoms with Crippen molar-refractivity contribution in [3.8, 4) is 5.75 Å². The van der Waals surface area contributed by atoms with Crippen LogP contribution in [0.25, 0.3) is 0 Å². The summed E-state index contributed by atoms with van der Waals surface area (Å²) in [4.78, 5) is 0.588. The molecule has 0 unspecified atom stereocenters. The fourth-order valence-electron chi connectivity index (χ4n) is 0.762. The van der Waals surface area contributed by atoms with Crippen molar-refractivity contribution in [3.05, 3.63) is 24.0 Å². The molecule has 0 spiro atoms. The molecule has 0 saturated heterocycles. The lowest BCUT2D eigenvalue weighted by Crippen LogP contribution is -1.80. The number of aromatic hydroxyl groups is 1. The molecule has 0 aliphatic carbocycles. The Morgan fingerprint density at radius 3 is 2.82 bits per heavy atom. The van der Waals surface area contributed by atoms with Crippen LogP contribution in [0, 0.1) is 5.82 Å². The highest BCUT2D eigenvalue weighted by Gasteiger charge is 2.01. The molecule has 1 aromatic carbocycles. The summed E-state index contributed by atoms with van der Waals surface area (Å²) in [5, 5.41) is 8.86. The van der Waals surface area contributed by atoms with Gasteiger partial charge in [0, 0.05) is 11.0 Å². The Bertz CT molecular complexity index is 250. The van der Waals surface area contributed by atoms with Gasteiger partial charge in [0.05, 0.1) is 0 Å².